The lowest BCUT2D eigenvalue weighted by atomic mass is 10.2. The van der Waals surface area contributed by atoms with Gasteiger partial charge in [-0.1, -0.05) is 30.3 Å². The summed E-state index contributed by atoms with van der Waals surface area (Å²) in [7, 11) is 0. The van der Waals surface area contributed by atoms with Crippen LogP contribution in [-0.2, 0) is 35.1 Å². The highest BCUT2D eigenvalue weighted by molar-refractivity contribution is 5.86. The van der Waals surface area contributed by atoms with Gasteiger partial charge in [0.25, 0.3) is 0 Å². The molecule has 0 unspecified atom stereocenters. The van der Waals surface area contributed by atoms with Gasteiger partial charge in [-0.25, -0.2) is 19.2 Å². The molecule has 0 fully saturated rings. The molecule has 1 rings (SSSR count). The first-order valence-electron chi connectivity index (χ1n) is 7.48. The van der Waals surface area contributed by atoms with Crippen LogP contribution in [0.5, 0.6) is 0 Å². The standard InChI is InChI=1S/C8H11N.2C4H6O5.H3N/c9-7-6-8-4-2-1-3-5-8;2*5-1-3(7)9-4(8)2-6;/h1-5H,6-7,9H2;2*5-6H,1-2H2;1H3. The lowest BCUT2D eigenvalue weighted by Crippen LogP contribution is -2.17. The molecule has 0 aromatic heterocycles. The molecule has 12 heteroatoms. The van der Waals surface area contributed by atoms with Gasteiger partial charge in [0.15, 0.2) is 0 Å². The van der Waals surface area contributed by atoms with Gasteiger partial charge >= 0.3 is 23.9 Å². The molecule has 0 heterocycles. The fourth-order valence-electron chi connectivity index (χ4n) is 1.19. The van der Waals surface area contributed by atoms with Crippen LogP contribution in [-0.4, -0.2) is 77.3 Å². The molecular weight excluding hydrogens is 380 g/mol. The molecule has 1 aromatic rings. The monoisotopic (exact) mass is 406 g/mol. The van der Waals surface area contributed by atoms with Gasteiger partial charge in [0.05, 0.1) is 0 Å². The number of esters is 4. The second-order valence-electron chi connectivity index (χ2n) is 4.35. The van der Waals surface area contributed by atoms with E-state index in [4.69, 9.17) is 26.2 Å². The van der Waals surface area contributed by atoms with Gasteiger partial charge in [-0.2, -0.15) is 0 Å². The topological polar surface area (TPSA) is 229 Å². The summed E-state index contributed by atoms with van der Waals surface area (Å²) in [4.78, 5) is 39.9. The summed E-state index contributed by atoms with van der Waals surface area (Å²) in [6.45, 7) is -2.68. The third-order valence-corrected chi connectivity index (χ3v) is 2.25. The predicted octanol–water partition coefficient (Wildman–Crippen LogP) is -2.57. The number of aliphatic hydroxyl groups is 4. The molecule has 0 atom stereocenters. The molecule has 12 nitrogen and oxygen atoms in total. The lowest BCUT2D eigenvalue weighted by Gasteiger charge is -1.94. The Bertz CT molecular complexity index is 508. The SMILES string of the molecule is N.NCCc1ccccc1.O=C(CO)OC(=O)CO.O=C(CO)OC(=O)CO. The van der Waals surface area contributed by atoms with Crippen LogP contribution in [0.25, 0.3) is 0 Å². The van der Waals surface area contributed by atoms with E-state index in [1.165, 1.54) is 5.56 Å². The number of nitrogens with two attached hydrogens (primary N) is 1. The zero-order valence-corrected chi connectivity index (χ0v) is 15.2. The second-order valence-corrected chi connectivity index (χ2v) is 4.35. The highest BCUT2D eigenvalue weighted by Gasteiger charge is 2.06. The molecule has 0 spiro atoms. The van der Waals surface area contributed by atoms with Crippen molar-refractivity contribution < 1.29 is 49.1 Å². The van der Waals surface area contributed by atoms with Crippen molar-refractivity contribution in [2.24, 2.45) is 5.73 Å². The van der Waals surface area contributed by atoms with Crippen LogP contribution in [0.2, 0.25) is 0 Å². The van der Waals surface area contributed by atoms with Gasteiger partial charge in [-0.05, 0) is 18.5 Å². The van der Waals surface area contributed by atoms with Crippen molar-refractivity contribution in [1.29, 1.82) is 0 Å². The van der Waals surface area contributed by atoms with E-state index in [0.29, 0.717) is 0 Å². The van der Waals surface area contributed by atoms with E-state index in [1.807, 2.05) is 18.2 Å². The highest BCUT2D eigenvalue weighted by Crippen LogP contribution is 1.96. The Morgan fingerprint density at radius 1 is 0.714 bits per heavy atom. The molecule has 160 valence electrons. The minimum Gasteiger partial charge on any atom is -0.390 e. The molecule has 1 aromatic carbocycles. The number of rotatable bonds is 6. The van der Waals surface area contributed by atoms with Crippen molar-refractivity contribution in [3.63, 3.8) is 0 Å². The number of carbonyl (C=O) groups is 4. The molecule has 0 aliphatic heterocycles. The first-order chi connectivity index (χ1) is 12.8. The van der Waals surface area contributed by atoms with Gasteiger partial charge in [0.1, 0.15) is 26.4 Å². The van der Waals surface area contributed by atoms with E-state index < -0.39 is 50.3 Å². The molecule has 0 saturated carbocycles. The van der Waals surface area contributed by atoms with E-state index in [0.717, 1.165) is 13.0 Å². The van der Waals surface area contributed by atoms with E-state index in [-0.39, 0.29) is 6.15 Å². The van der Waals surface area contributed by atoms with Gasteiger partial charge in [0, 0.05) is 0 Å². The third-order valence-electron chi connectivity index (χ3n) is 2.25. The predicted molar refractivity (Wildman–Crippen MR) is 94.8 cm³/mol. The number of hydrogen-bond donors (Lipinski definition) is 6. The fourth-order valence-corrected chi connectivity index (χ4v) is 1.19. The number of benzene rings is 1. The molecule has 28 heavy (non-hydrogen) atoms. The fraction of sp³-hybridized carbons (Fsp3) is 0.375. The smallest absolute Gasteiger partial charge is 0.339 e. The van der Waals surface area contributed by atoms with Crippen molar-refractivity contribution in [2.45, 2.75) is 6.42 Å². The number of aliphatic hydroxyl groups excluding tert-OH is 4. The number of ether oxygens (including phenoxy) is 2. The normalized spacial score (nSPS) is 8.61. The Labute approximate surface area is 161 Å². The Kier molecular flexibility index (Phi) is 22.0. The zero-order valence-electron chi connectivity index (χ0n) is 15.2. The minimum absolute atomic E-state index is 0. The van der Waals surface area contributed by atoms with Crippen molar-refractivity contribution in [2.75, 3.05) is 33.0 Å². The number of hydrogen-bond acceptors (Lipinski definition) is 12. The maximum atomic E-state index is 9.98. The molecule has 0 radical (unpaired) electrons. The van der Waals surface area contributed by atoms with Crippen LogP contribution in [0, 0.1) is 0 Å². The zero-order chi connectivity index (χ0) is 21.1. The number of carbonyl (C=O) groups excluding carboxylic acids is 4. The first kappa shape index (κ1) is 30.0. The van der Waals surface area contributed by atoms with Crippen LogP contribution in [0.15, 0.2) is 30.3 Å². The summed E-state index contributed by atoms with van der Waals surface area (Å²) in [5, 5.41) is 31.9. The van der Waals surface area contributed by atoms with E-state index in [9.17, 15) is 19.2 Å². The Hall–Kier alpha value is -2.74. The molecular formula is C16H26N2O10. The van der Waals surface area contributed by atoms with Crippen LogP contribution < -0.4 is 11.9 Å². The average molecular weight is 406 g/mol. The quantitative estimate of drug-likeness (QED) is 0.211. The first-order valence-corrected chi connectivity index (χ1v) is 7.48. The van der Waals surface area contributed by atoms with Gasteiger partial charge in [-0.3, -0.25) is 0 Å². The maximum absolute atomic E-state index is 9.98. The van der Waals surface area contributed by atoms with Gasteiger partial charge < -0.3 is 41.8 Å². The molecule has 9 N–H and O–H groups in total. The van der Waals surface area contributed by atoms with E-state index in [1.54, 1.807) is 0 Å². The average Bonchev–Trinajstić information content (AvgIpc) is 2.69. The summed E-state index contributed by atoms with van der Waals surface area (Å²) in [6, 6.07) is 10.3. The summed E-state index contributed by atoms with van der Waals surface area (Å²) >= 11 is 0. The Balaban J connectivity index is -0.000000329. The summed E-state index contributed by atoms with van der Waals surface area (Å²) in [6.07, 6.45) is 0.987. The summed E-state index contributed by atoms with van der Waals surface area (Å²) in [5.74, 6) is -4.24. The van der Waals surface area contributed by atoms with Crippen LogP contribution in [0.1, 0.15) is 5.56 Å². The van der Waals surface area contributed by atoms with Crippen LogP contribution in [0.3, 0.4) is 0 Å². The Morgan fingerprint density at radius 2 is 1.04 bits per heavy atom. The van der Waals surface area contributed by atoms with Crippen molar-refractivity contribution in [3.8, 4) is 0 Å². The third kappa shape index (κ3) is 19.6. The highest BCUT2D eigenvalue weighted by atomic mass is 16.6. The van der Waals surface area contributed by atoms with Crippen LogP contribution in [0.4, 0.5) is 0 Å². The van der Waals surface area contributed by atoms with Crippen LogP contribution >= 0.6 is 0 Å². The molecule has 0 aliphatic carbocycles. The summed E-state index contributed by atoms with van der Waals surface area (Å²) < 4.78 is 7.54. The Morgan fingerprint density at radius 3 is 1.29 bits per heavy atom. The van der Waals surface area contributed by atoms with E-state index >= 15 is 0 Å². The van der Waals surface area contributed by atoms with Gasteiger partial charge in [-0.15, -0.1) is 0 Å². The molecule has 0 amide bonds. The minimum atomic E-state index is -1.06. The van der Waals surface area contributed by atoms with E-state index in [2.05, 4.69) is 21.6 Å². The van der Waals surface area contributed by atoms with Crippen molar-refractivity contribution >= 4 is 23.9 Å². The molecule has 0 aliphatic rings. The summed E-state index contributed by atoms with van der Waals surface area (Å²) in [5.41, 5.74) is 6.68. The molecule has 0 saturated heterocycles. The maximum Gasteiger partial charge on any atom is 0.339 e. The molecule has 0 bridgehead atoms. The largest absolute Gasteiger partial charge is 0.390 e. The van der Waals surface area contributed by atoms with Crippen molar-refractivity contribution in [1.82, 2.24) is 6.15 Å². The lowest BCUT2D eigenvalue weighted by molar-refractivity contribution is -0.165. The second kappa shape index (κ2) is 20.6. The van der Waals surface area contributed by atoms with Crippen molar-refractivity contribution in [3.05, 3.63) is 35.9 Å². The van der Waals surface area contributed by atoms with Gasteiger partial charge in [0.2, 0.25) is 0 Å².